The van der Waals surface area contributed by atoms with Crippen LogP contribution >= 0.6 is 23.2 Å². The molecular formula is C24H31Cl2N5O3. The Morgan fingerprint density at radius 1 is 1.06 bits per heavy atom. The summed E-state index contributed by atoms with van der Waals surface area (Å²) in [5, 5.41) is 3.78. The van der Waals surface area contributed by atoms with Crippen LogP contribution in [-0.2, 0) is 9.59 Å². The van der Waals surface area contributed by atoms with Gasteiger partial charge in [-0.15, -0.1) is 0 Å². The van der Waals surface area contributed by atoms with Gasteiger partial charge >= 0.3 is 6.03 Å². The monoisotopic (exact) mass is 507 g/mol. The summed E-state index contributed by atoms with van der Waals surface area (Å²) in [6, 6.07) is 5.50. The minimum Gasteiger partial charge on any atom is -0.337 e. The van der Waals surface area contributed by atoms with Gasteiger partial charge in [-0.2, -0.15) is 0 Å². The molecule has 0 aromatic heterocycles. The van der Waals surface area contributed by atoms with Gasteiger partial charge in [0.05, 0.1) is 16.2 Å². The van der Waals surface area contributed by atoms with Crippen LogP contribution in [0.15, 0.2) is 24.3 Å². The molecule has 10 heteroatoms. The number of likely N-dealkylation sites (tertiary alicyclic amines) is 1. The summed E-state index contributed by atoms with van der Waals surface area (Å²) in [4.78, 5) is 45.5. The van der Waals surface area contributed by atoms with Crippen LogP contribution in [0, 0.1) is 0 Å². The highest BCUT2D eigenvalue weighted by molar-refractivity contribution is 6.42. The van der Waals surface area contributed by atoms with E-state index in [1.807, 2.05) is 9.80 Å². The molecule has 8 nitrogen and oxygen atoms in total. The molecule has 184 valence electrons. The molecule has 3 heterocycles. The Bertz CT molecular complexity index is 964. The van der Waals surface area contributed by atoms with Crippen LogP contribution < -0.4 is 5.32 Å². The number of urea groups is 1. The Hall–Kier alpha value is -2.29. The molecule has 1 aromatic rings. The van der Waals surface area contributed by atoms with Crippen LogP contribution in [0.3, 0.4) is 0 Å². The molecule has 3 saturated heterocycles. The Labute approximate surface area is 210 Å². The van der Waals surface area contributed by atoms with E-state index in [1.54, 1.807) is 29.2 Å². The second-order valence-corrected chi connectivity index (χ2v) is 9.81. The van der Waals surface area contributed by atoms with Gasteiger partial charge in [0.25, 0.3) is 0 Å². The van der Waals surface area contributed by atoms with Crippen molar-refractivity contribution in [3.63, 3.8) is 0 Å². The number of nitrogens with one attached hydrogen (secondary N) is 1. The predicted octanol–water partition coefficient (Wildman–Crippen LogP) is 2.90. The molecule has 0 spiro atoms. The van der Waals surface area contributed by atoms with Gasteiger partial charge in [-0.05, 0) is 43.5 Å². The van der Waals surface area contributed by atoms with E-state index >= 15 is 0 Å². The number of carbonyl (C=O) groups excluding carboxylic acids is 3. The maximum atomic E-state index is 12.9. The number of halogens is 2. The fourth-order valence-electron chi connectivity index (χ4n) is 4.95. The van der Waals surface area contributed by atoms with Crippen LogP contribution in [0.5, 0.6) is 0 Å². The highest BCUT2D eigenvalue weighted by Crippen LogP contribution is 2.24. The number of carbonyl (C=O) groups is 3. The van der Waals surface area contributed by atoms with Crippen molar-refractivity contribution in [1.29, 1.82) is 0 Å². The first kappa shape index (κ1) is 24.8. The van der Waals surface area contributed by atoms with Gasteiger partial charge in [-0.3, -0.25) is 14.5 Å². The average molecular weight is 508 g/mol. The van der Waals surface area contributed by atoms with Crippen molar-refractivity contribution in [1.82, 2.24) is 24.9 Å². The van der Waals surface area contributed by atoms with Gasteiger partial charge in [0.1, 0.15) is 0 Å². The first-order valence-corrected chi connectivity index (χ1v) is 12.6. The fourth-order valence-corrected chi connectivity index (χ4v) is 5.25. The molecule has 3 aliphatic heterocycles. The third-order valence-electron chi connectivity index (χ3n) is 7.01. The van der Waals surface area contributed by atoms with Gasteiger partial charge in [-0.1, -0.05) is 29.3 Å². The van der Waals surface area contributed by atoms with E-state index in [9.17, 15) is 14.4 Å². The minimum absolute atomic E-state index is 0.0344. The van der Waals surface area contributed by atoms with Crippen LogP contribution in [0.25, 0.3) is 6.08 Å². The first-order valence-electron chi connectivity index (χ1n) is 11.8. The third kappa shape index (κ3) is 5.67. The molecule has 34 heavy (non-hydrogen) atoms. The number of hydrogen-bond donors (Lipinski definition) is 1. The van der Waals surface area contributed by atoms with Gasteiger partial charge in [0.2, 0.25) is 11.8 Å². The molecule has 3 aliphatic rings. The summed E-state index contributed by atoms with van der Waals surface area (Å²) >= 11 is 12.0. The van der Waals surface area contributed by atoms with Crippen molar-refractivity contribution in [2.75, 3.05) is 45.8 Å². The molecule has 3 fully saturated rings. The van der Waals surface area contributed by atoms with Crippen molar-refractivity contribution in [3.8, 4) is 0 Å². The minimum atomic E-state index is -0.127. The lowest BCUT2D eigenvalue weighted by Crippen LogP contribution is -2.54. The molecule has 4 amide bonds. The second kappa shape index (κ2) is 11.0. The van der Waals surface area contributed by atoms with E-state index in [2.05, 4.69) is 17.1 Å². The van der Waals surface area contributed by atoms with Gasteiger partial charge < -0.3 is 20.0 Å². The number of piperidine rings is 1. The Kier molecular flexibility index (Phi) is 8.01. The van der Waals surface area contributed by atoms with Gasteiger partial charge in [0, 0.05) is 64.4 Å². The van der Waals surface area contributed by atoms with Gasteiger partial charge in [-0.25, -0.2) is 4.79 Å². The Morgan fingerprint density at radius 3 is 2.50 bits per heavy atom. The van der Waals surface area contributed by atoms with Gasteiger partial charge in [0.15, 0.2) is 0 Å². The van der Waals surface area contributed by atoms with E-state index in [0.717, 1.165) is 44.6 Å². The van der Waals surface area contributed by atoms with Crippen LogP contribution in [-0.4, -0.2) is 95.5 Å². The normalized spacial score (nSPS) is 21.8. The molecule has 1 aromatic carbocycles. The SMILES string of the molecule is CC(N1CCC(N2CCNC2=O)CC1)N1CCN(C(=O)/C=C/c2ccc(Cl)c(Cl)c2)CCC1=O. The van der Waals surface area contributed by atoms with Crippen molar-refractivity contribution < 1.29 is 14.4 Å². The van der Waals surface area contributed by atoms with E-state index in [1.165, 1.54) is 6.08 Å². The molecule has 0 aliphatic carbocycles. The van der Waals surface area contributed by atoms with Crippen LogP contribution in [0.2, 0.25) is 10.0 Å². The summed E-state index contributed by atoms with van der Waals surface area (Å²) < 4.78 is 0. The largest absolute Gasteiger partial charge is 0.337 e. The molecular weight excluding hydrogens is 477 g/mol. The summed E-state index contributed by atoms with van der Waals surface area (Å²) in [5.41, 5.74) is 0.790. The lowest BCUT2D eigenvalue weighted by Gasteiger charge is -2.42. The van der Waals surface area contributed by atoms with Crippen molar-refractivity contribution in [2.45, 2.75) is 38.4 Å². The standard InChI is InChI=1S/C24H31Cl2N5O3/c1-17(28-10-6-19(7-11-28)31-13-9-27-24(31)34)30-15-14-29(12-8-23(30)33)22(32)5-3-18-2-4-20(25)21(26)16-18/h2-5,16-17,19H,6-15H2,1H3,(H,27,34)/b5-3+. The maximum Gasteiger partial charge on any atom is 0.317 e. The summed E-state index contributed by atoms with van der Waals surface area (Å²) in [7, 11) is 0. The second-order valence-electron chi connectivity index (χ2n) is 8.99. The Morgan fingerprint density at radius 2 is 1.82 bits per heavy atom. The van der Waals surface area contributed by atoms with E-state index < -0.39 is 0 Å². The molecule has 0 bridgehead atoms. The molecule has 0 saturated carbocycles. The quantitative estimate of drug-likeness (QED) is 0.621. The molecule has 4 rings (SSSR count). The topological polar surface area (TPSA) is 76.2 Å². The van der Waals surface area contributed by atoms with Crippen molar-refractivity contribution in [3.05, 3.63) is 39.9 Å². The van der Waals surface area contributed by atoms with Crippen molar-refractivity contribution >= 4 is 47.1 Å². The number of rotatable bonds is 5. The maximum absolute atomic E-state index is 12.9. The van der Waals surface area contributed by atoms with Crippen molar-refractivity contribution in [2.24, 2.45) is 0 Å². The summed E-state index contributed by atoms with van der Waals surface area (Å²) in [5.74, 6) is -0.0598. The number of amides is 4. The number of benzene rings is 1. The first-order chi connectivity index (χ1) is 16.3. The molecule has 1 atom stereocenters. The fraction of sp³-hybridized carbons (Fsp3) is 0.542. The zero-order valence-corrected chi connectivity index (χ0v) is 20.9. The summed E-state index contributed by atoms with van der Waals surface area (Å²) in [6.07, 6.45) is 5.31. The lowest BCUT2D eigenvalue weighted by molar-refractivity contribution is -0.136. The average Bonchev–Trinajstić information content (AvgIpc) is 3.17. The van der Waals surface area contributed by atoms with E-state index in [0.29, 0.717) is 36.1 Å². The van der Waals surface area contributed by atoms with Crippen LogP contribution in [0.4, 0.5) is 4.79 Å². The smallest absolute Gasteiger partial charge is 0.317 e. The van der Waals surface area contributed by atoms with E-state index in [4.69, 9.17) is 23.2 Å². The molecule has 1 unspecified atom stereocenters. The highest BCUT2D eigenvalue weighted by Gasteiger charge is 2.34. The number of hydrogen-bond acceptors (Lipinski definition) is 4. The third-order valence-corrected chi connectivity index (χ3v) is 7.75. The zero-order chi connectivity index (χ0) is 24.2. The Balaban J connectivity index is 1.30. The highest BCUT2D eigenvalue weighted by atomic mass is 35.5. The summed E-state index contributed by atoms with van der Waals surface area (Å²) in [6.45, 7) is 6.62. The van der Waals surface area contributed by atoms with Crippen LogP contribution in [0.1, 0.15) is 31.7 Å². The lowest BCUT2D eigenvalue weighted by atomic mass is 10.0. The van der Waals surface area contributed by atoms with E-state index in [-0.39, 0.29) is 30.1 Å². The zero-order valence-electron chi connectivity index (χ0n) is 19.4. The predicted molar refractivity (Wildman–Crippen MR) is 133 cm³/mol. The molecule has 1 N–H and O–H groups in total. The number of nitrogens with zero attached hydrogens (tertiary/aromatic N) is 4. The molecule has 0 radical (unpaired) electrons.